The van der Waals surface area contributed by atoms with E-state index in [1.165, 1.54) is 12.1 Å². The third-order valence-corrected chi connectivity index (χ3v) is 9.98. The summed E-state index contributed by atoms with van der Waals surface area (Å²) in [6.07, 6.45) is -4.60. The number of hydrogen-bond acceptors (Lipinski definition) is 5. The molecule has 9 aromatic rings. The van der Waals surface area contributed by atoms with Crippen LogP contribution in [0.4, 0.5) is 13.2 Å². The number of benzene rings is 7. The summed E-state index contributed by atoms with van der Waals surface area (Å²) >= 11 is 0. The molecule has 0 spiro atoms. The lowest BCUT2D eigenvalue weighted by Crippen LogP contribution is -2.07. The second-order valence-corrected chi connectivity index (χ2v) is 13.4. The molecule has 6 nitrogen and oxygen atoms in total. The van der Waals surface area contributed by atoms with E-state index in [-0.39, 0.29) is 5.56 Å². The van der Waals surface area contributed by atoms with E-state index in [0.29, 0.717) is 51.0 Å². The van der Waals surface area contributed by atoms with E-state index in [0.717, 1.165) is 44.6 Å². The highest BCUT2D eigenvalue weighted by Gasteiger charge is 2.33. The minimum absolute atomic E-state index is 0.0288. The van der Waals surface area contributed by atoms with Gasteiger partial charge in [-0.1, -0.05) is 121 Å². The van der Waals surface area contributed by atoms with Gasteiger partial charge < -0.3 is 4.57 Å². The van der Waals surface area contributed by atoms with Gasteiger partial charge in [-0.25, -0.2) is 15.0 Å². The highest BCUT2D eigenvalue weighted by atomic mass is 19.4. The Morgan fingerprint density at radius 1 is 0.456 bits per heavy atom. The fourth-order valence-electron chi connectivity index (χ4n) is 7.34. The van der Waals surface area contributed by atoms with Crippen LogP contribution in [0.1, 0.15) is 16.7 Å². The van der Waals surface area contributed by atoms with Gasteiger partial charge in [0, 0.05) is 27.5 Å². The van der Waals surface area contributed by atoms with Crippen molar-refractivity contribution in [2.24, 2.45) is 0 Å². The molecule has 270 valence electrons. The van der Waals surface area contributed by atoms with Gasteiger partial charge in [0.15, 0.2) is 17.5 Å². The highest BCUT2D eigenvalue weighted by Crippen LogP contribution is 2.42. The van der Waals surface area contributed by atoms with Crippen LogP contribution in [0.25, 0.3) is 83.9 Å². The van der Waals surface area contributed by atoms with Crippen LogP contribution < -0.4 is 0 Å². The smallest absolute Gasteiger partial charge is 0.308 e. The molecule has 0 atom stereocenters. The van der Waals surface area contributed by atoms with Gasteiger partial charge in [-0.15, -0.1) is 0 Å². The molecule has 0 N–H and O–H groups in total. The predicted molar refractivity (Wildman–Crippen MR) is 216 cm³/mol. The van der Waals surface area contributed by atoms with Crippen molar-refractivity contribution in [2.45, 2.75) is 6.18 Å². The molecule has 0 amide bonds. The number of nitrogens with zero attached hydrogens (tertiary/aromatic N) is 6. The molecule has 0 bridgehead atoms. The molecule has 7 aromatic carbocycles. The third kappa shape index (κ3) is 6.33. The zero-order valence-corrected chi connectivity index (χ0v) is 29.9. The van der Waals surface area contributed by atoms with Crippen molar-refractivity contribution in [3.63, 3.8) is 0 Å². The Bertz CT molecular complexity index is 3030. The van der Waals surface area contributed by atoms with E-state index < -0.39 is 11.7 Å². The second kappa shape index (κ2) is 14.1. The number of halogens is 3. The SMILES string of the molecule is N#Cc1ccc(-c2ccc3c4ccccc4n(-c4cc(-c5ccccc5C(F)(F)F)ccc4-c4nc(-c5ccccc5)nc(-c5ccccc5)n4)c3c2)c(C#N)c1. The largest absolute Gasteiger partial charge is 0.417 e. The van der Waals surface area contributed by atoms with Crippen LogP contribution in [-0.4, -0.2) is 19.5 Å². The summed E-state index contributed by atoms with van der Waals surface area (Å²) in [6, 6.07) is 52.9. The Morgan fingerprint density at radius 2 is 1.04 bits per heavy atom. The van der Waals surface area contributed by atoms with Crippen LogP contribution in [0.2, 0.25) is 0 Å². The monoisotopic (exact) mass is 744 g/mol. The number of rotatable bonds is 6. The molecule has 0 saturated carbocycles. The lowest BCUT2D eigenvalue weighted by atomic mass is 9.96. The molecule has 0 unspecified atom stereocenters. The Morgan fingerprint density at radius 3 is 1.72 bits per heavy atom. The van der Waals surface area contributed by atoms with Gasteiger partial charge in [-0.3, -0.25) is 0 Å². The first kappa shape index (κ1) is 34.9. The van der Waals surface area contributed by atoms with Crippen LogP contribution in [-0.2, 0) is 6.18 Å². The summed E-state index contributed by atoms with van der Waals surface area (Å²) in [6.45, 7) is 0. The number of alkyl halides is 3. The van der Waals surface area contributed by atoms with E-state index >= 15 is 0 Å². The second-order valence-electron chi connectivity index (χ2n) is 13.4. The molecule has 9 heteroatoms. The Hall–Kier alpha value is -7.88. The van der Waals surface area contributed by atoms with Gasteiger partial charge in [0.2, 0.25) is 0 Å². The van der Waals surface area contributed by atoms with Gasteiger partial charge >= 0.3 is 6.18 Å². The van der Waals surface area contributed by atoms with Crippen molar-refractivity contribution in [1.29, 1.82) is 10.5 Å². The van der Waals surface area contributed by atoms with Gasteiger partial charge in [-0.05, 0) is 64.7 Å². The molecule has 2 aromatic heterocycles. The maximum Gasteiger partial charge on any atom is 0.417 e. The summed E-state index contributed by atoms with van der Waals surface area (Å²) in [5, 5.41) is 21.4. The van der Waals surface area contributed by atoms with Crippen LogP contribution in [0.5, 0.6) is 0 Å². The first-order valence-electron chi connectivity index (χ1n) is 18.0. The molecule has 0 aliphatic carbocycles. The third-order valence-electron chi connectivity index (χ3n) is 9.98. The van der Waals surface area contributed by atoms with Crippen LogP contribution in [0.3, 0.4) is 0 Å². The minimum Gasteiger partial charge on any atom is -0.308 e. The molecule has 0 aliphatic rings. The quantitative estimate of drug-likeness (QED) is 0.169. The average Bonchev–Trinajstić information content (AvgIpc) is 3.59. The molecule has 0 saturated heterocycles. The van der Waals surface area contributed by atoms with E-state index in [4.69, 9.17) is 15.0 Å². The molecular weight excluding hydrogens is 718 g/mol. The molecule has 9 rings (SSSR count). The number of hydrogen-bond donors (Lipinski definition) is 0. The lowest BCUT2D eigenvalue weighted by Gasteiger charge is -2.18. The summed E-state index contributed by atoms with van der Waals surface area (Å²) < 4.78 is 45.6. The average molecular weight is 745 g/mol. The molecule has 57 heavy (non-hydrogen) atoms. The van der Waals surface area contributed by atoms with Crippen LogP contribution >= 0.6 is 0 Å². The molecule has 0 aliphatic heterocycles. The fourth-order valence-corrected chi connectivity index (χ4v) is 7.34. The highest BCUT2D eigenvalue weighted by molar-refractivity contribution is 6.11. The first-order chi connectivity index (χ1) is 27.8. The normalized spacial score (nSPS) is 11.4. The number of fused-ring (bicyclic) bond motifs is 3. The molecular formula is C48H27F3N6. The van der Waals surface area contributed by atoms with Crippen molar-refractivity contribution in [1.82, 2.24) is 19.5 Å². The van der Waals surface area contributed by atoms with Crippen LogP contribution in [0.15, 0.2) is 164 Å². The first-order valence-corrected chi connectivity index (χ1v) is 18.0. The van der Waals surface area contributed by atoms with E-state index in [2.05, 4.69) is 12.1 Å². The maximum atomic E-state index is 14.5. The number of nitriles is 2. The van der Waals surface area contributed by atoms with Crippen molar-refractivity contribution in [2.75, 3.05) is 0 Å². The van der Waals surface area contributed by atoms with Crippen molar-refractivity contribution in [3.05, 3.63) is 180 Å². The fraction of sp³-hybridized carbons (Fsp3) is 0.0208. The summed E-state index contributed by atoms with van der Waals surface area (Å²) in [5.74, 6) is 1.20. The van der Waals surface area contributed by atoms with Gasteiger partial charge in [-0.2, -0.15) is 23.7 Å². The van der Waals surface area contributed by atoms with Gasteiger partial charge in [0.25, 0.3) is 0 Å². The molecule has 0 radical (unpaired) electrons. The van der Waals surface area contributed by atoms with E-state index in [9.17, 15) is 23.7 Å². The van der Waals surface area contributed by atoms with E-state index in [1.807, 2.05) is 108 Å². The van der Waals surface area contributed by atoms with Crippen molar-refractivity contribution in [3.8, 4) is 74.2 Å². The Kier molecular flexibility index (Phi) is 8.61. The summed E-state index contributed by atoms with van der Waals surface area (Å²) in [4.78, 5) is 14.9. The zero-order chi connectivity index (χ0) is 39.1. The number of para-hydroxylation sites is 1. The van der Waals surface area contributed by atoms with Crippen molar-refractivity contribution >= 4 is 21.8 Å². The number of aromatic nitrogens is 4. The maximum absolute atomic E-state index is 14.5. The molecule has 0 fully saturated rings. The predicted octanol–water partition coefficient (Wildman–Crippen LogP) is 12.1. The van der Waals surface area contributed by atoms with Gasteiger partial charge in [0.1, 0.15) is 0 Å². The topological polar surface area (TPSA) is 91.2 Å². The summed E-state index contributed by atoms with van der Waals surface area (Å²) in [7, 11) is 0. The van der Waals surface area contributed by atoms with Gasteiger partial charge in [0.05, 0.1) is 45.5 Å². The molecule has 2 heterocycles. The zero-order valence-electron chi connectivity index (χ0n) is 29.9. The van der Waals surface area contributed by atoms with Crippen molar-refractivity contribution < 1.29 is 13.2 Å². The standard InChI is InChI=1S/C48H27F3N6/c49-48(50,51)41-17-9-7-15-37(41)34-21-24-40(47-55-45(31-11-3-1-4-12-31)54-46(56-47)32-13-5-2-6-14-32)44(27-34)57-42-18-10-8-16-38(42)39-23-20-33(26-43(39)57)36-22-19-30(28-52)25-35(36)29-53/h1-27H. The minimum atomic E-state index is -4.60. The Balaban J connectivity index is 1.38. The van der Waals surface area contributed by atoms with E-state index in [1.54, 1.807) is 42.5 Å². The summed E-state index contributed by atoms with van der Waals surface area (Å²) in [5.41, 5.74) is 5.88. The Labute approximate surface area is 325 Å². The lowest BCUT2D eigenvalue weighted by molar-refractivity contribution is -0.137. The van der Waals surface area contributed by atoms with Crippen LogP contribution in [0, 0.1) is 22.7 Å².